The van der Waals surface area contributed by atoms with E-state index in [0.717, 1.165) is 38.2 Å². The number of carbonyl (C=O) groups excluding carboxylic acids is 2. The molecule has 0 bridgehead atoms. The molecule has 27 heavy (non-hydrogen) atoms. The van der Waals surface area contributed by atoms with E-state index < -0.39 is 0 Å². The van der Waals surface area contributed by atoms with E-state index in [0.29, 0.717) is 13.1 Å². The van der Waals surface area contributed by atoms with E-state index in [9.17, 15) is 14.0 Å². The average Bonchev–Trinajstić information content (AvgIpc) is 2.64. The van der Waals surface area contributed by atoms with E-state index in [2.05, 4.69) is 10.2 Å². The molecule has 0 aliphatic carbocycles. The number of hydrogen-bond acceptors (Lipinski definition) is 4. The summed E-state index contributed by atoms with van der Waals surface area (Å²) in [5.74, 6) is -0.249. The Kier molecular flexibility index (Phi) is 9.29. The third-order valence-corrected chi connectivity index (χ3v) is 5.11. The van der Waals surface area contributed by atoms with Crippen molar-refractivity contribution in [1.29, 1.82) is 0 Å². The van der Waals surface area contributed by atoms with E-state index in [1.165, 1.54) is 12.1 Å². The largest absolute Gasteiger partial charge is 0.371 e. The number of piperidine rings is 1. The third-order valence-electron chi connectivity index (χ3n) is 5.11. The topological polar surface area (TPSA) is 55.9 Å². The number of hydrogen-bond donors (Lipinski definition) is 1. The van der Waals surface area contributed by atoms with Gasteiger partial charge in [-0.15, -0.1) is 24.8 Å². The summed E-state index contributed by atoms with van der Waals surface area (Å²) in [7, 11) is 1.83. The van der Waals surface area contributed by atoms with E-state index in [1.54, 1.807) is 21.9 Å². The number of anilines is 1. The molecular formula is C18H27Cl2FN4O2. The molecule has 0 radical (unpaired) electrons. The first-order chi connectivity index (χ1) is 12.0. The summed E-state index contributed by atoms with van der Waals surface area (Å²) in [6.45, 7) is 3.46. The molecule has 1 N–H and O–H groups in total. The molecule has 2 saturated heterocycles. The van der Waals surface area contributed by atoms with Crippen LogP contribution in [0.4, 0.5) is 10.1 Å². The number of halogens is 3. The summed E-state index contributed by atoms with van der Waals surface area (Å²) in [5, 5.41) is 3.01. The van der Waals surface area contributed by atoms with Gasteiger partial charge in [-0.1, -0.05) is 0 Å². The highest BCUT2D eigenvalue weighted by Crippen LogP contribution is 2.22. The van der Waals surface area contributed by atoms with Crippen molar-refractivity contribution in [2.24, 2.45) is 0 Å². The summed E-state index contributed by atoms with van der Waals surface area (Å²) in [6.07, 6.45) is 1.74. The molecule has 0 aromatic heterocycles. The monoisotopic (exact) mass is 420 g/mol. The van der Waals surface area contributed by atoms with Crippen LogP contribution in [0.1, 0.15) is 12.8 Å². The van der Waals surface area contributed by atoms with Gasteiger partial charge in [0.05, 0.1) is 13.1 Å². The van der Waals surface area contributed by atoms with Crippen LogP contribution in [0.2, 0.25) is 0 Å². The number of likely N-dealkylation sites (N-methyl/N-ethyl adjacent to an activating group) is 1. The van der Waals surface area contributed by atoms with Crippen LogP contribution in [0.5, 0.6) is 0 Å². The molecule has 9 heteroatoms. The Labute approximate surface area is 171 Å². The van der Waals surface area contributed by atoms with Gasteiger partial charge in [-0.2, -0.15) is 0 Å². The summed E-state index contributed by atoms with van der Waals surface area (Å²) < 4.78 is 13.0. The van der Waals surface area contributed by atoms with Gasteiger partial charge in [0.2, 0.25) is 11.8 Å². The van der Waals surface area contributed by atoms with Crippen LogP contribution >= 0.6 is 24.8 Å². The molecule has 6 nitrogen and oxygen atoms in total. The summed E-state index contributed by atoms with van der Waals surface area (Å²) in [6, 6.07) is 6.71. The number of carbonyl (C=O) groups is 2. The van der Waals surface area contributed by atoms with Crippen LogP contribution in [-0.4, -0.2) is 74.0 Å². The van der Waals surface area contributed by atoms with Gasteiger partial charge in [0.25, 0.3) is 0 Å². The number of piperazine rings is 1. The lowest BCUT2D eigenvalue weighted by atomic mass is 10.0. The van der Waals surface area contributed by atoms with Crippen LogP contribution in [-0.2, 0) is 9.59 Å². The molecule has 2 aliphatic heterocycles. The predicted octanol–water partition coefficient (Wildman–Crippen LogP) is 1.53. The fourth-order valence-corrected chi connectivity index (χ4v) is 3.45. The van der Waals surface area contributed by atoms with Crippen molar-refractivity contribution in [2.75, 3.05) is 51.2 Å². The number of amides is 2. The van der Waals surface area contributed by atoms with Crippen LogP contribution < -0.4 is 10.2 Å². The van der Waals surface area contributed by atoms with Crippen LogP contribution in [0.15, 0.2) is 24.3 Å². The van der Waals surface area contributed by atoms with Crippen molar-refractivity contribution >= 4 is 42.3 Å². The minimum absolute atomic E-state index is 0. The lowest BCUT2D eigenvalue weighted by molar-refractivity contribution is -0.141. The van der Waals surface area contributed by atoms with Gasteiger partial charge in [-0.25, -0.2) is 4.39 Å². The minimum atomic E-state index is -0.230. The standard InChI is InChI=1S/C18H25FN4O2.2ClH/c1-21(18(25)13-23-11-8-20-12-17(23)24)15-6-9-22(10-7-15)16-4-2-14(19)3-5-16;;/h2-5,15,20H,6-13H2,1H3;2*1H. The Morgan fingerprint density at radius 2 is 1.81 bits per heavy atom. The Hall–Kier alpha value is -1.57. The maximum absolute atomic E-state index is 13.0. The van der Waals surface area contributed by atoms with Crippen molar-refractivity contribution in [3.8, 4) is 0 Å². The van der Waals surface area contributed by atoms with E-state index in [4.69, 9.17) is 0 Å². The SMILES string of the molecule is CN(C(=O)CN1CCNCC1=O)C1CCN(c2ccc(F)cc2)CC1.Cl.Cl. The highest BCUT2D eigenvalue weighted by atomic mass is 35.5. The second-order valence-corrected chi connectivity index (χ2v) is 6.69. The van der Waals surface area contributed by atoms with Crippen molar-refractivity contribution in [3.63, 3.8) is 0 Å². The Balaban J connectivity index is 0.00000182. The Morgan fingerprint density at radius 3 is 2.41 bits per heavy atom. The average molecular weight is 421 g/mol. The van der Waals surface area contributed by atoms with Gasteiger partial charge < -0.3 is 20.0 Å². The lowest BCUT2D eigenvalue weighted by Crippen LogP contribution is -2.53. The van der Waals surface area contributed by atoms with E-state index in [1.807, 2.05) is 7.05 Å². The van der Waals surface area contributed by atoms with Crippen molar-refractivity contribution in [3.05, 3.63) is 30.1 Å². The molecule has 0 spiro atoms. The molecule has 0 atom stereocenters. The maximum Gasteiger partial charge on any atom is 0.242 e. The van der Waals surface area contributed by atoms with Crippen molar-refractivity contribution in [1.82, 2.24) is 15.1 Å². The first-order valence-electron chi connectivity index (χ1n) is 8.79. The molecule has 0 unspecified atom stereocenters. The minimum Gasteiger partial charge on any atom is -0.371 e. The quantitative estimate of drug-likeness (QED) is 0.802. The number of nitrogens with one attached hydrogen (secondary N) is 1. The summed E-state index contributed by atoms with van der Waals surface area (Å²) >= 11 is 0. The highest BCUT2D eigenvalue weighted by molar-refractivity contribution is 5.86. The van der Waals surface area contributed by atoms with Crippen molar-refractivity contribution in [2.45, 2.75) is 18.9 Å². The molecule has 1 aromatic carbocycles. The third kappa shape index (κ3) is 5.96. The molecule has 2 fully saturated rings. The molecule has 2 aliphatic rings. The number of benzene rings is 1. The molecule has 3 rings (SSSR count). The fraction of sp³-hybridized carbons (Fsp3) is 0.556. The molecule has 152 valence electrons. The zero-order chi connectivity index (χ0) is 17.8. The van der Waals surface area contributed by atoms with Crippen molar-refractivity contribution < 1.29 is 14.0 Å². The second-order valence-electron chi connectivity index (χ2n) is 6.69. The van der Waals surface area contributed by atoms with Crippen LogP contribution in [0.3, 0.4) is 0 Å². The zero-order valence-corrected chi connectivity index (χ0v) is 17.0. The van der Waals surface area contributed by atoms with Gasteiger partial charge >= 0.3 is 0 Å². The number of rotatable bonds is 4. The maximum atomic E-state index is 13.0. The highest BCUT2D eigenvalue weighted by Gasteiger charge is 2.28. The number of nitrogens with zero attached hydrogens (tertiary/aromatic N) is 3. The summed E-state index contributed by atoms with van der Waals surface area (Å²) in [5.41, 5.74) is 1.01. The van der Waals surface area contributed by atoms with Gasteiger partial charge in [0.1, 0.15) is 5.82 Å². The molecule has 0 saturated carbocycles. The molecule has 2 amide bonds. The Bertz CT molecular complexity index is 624. The molecule has 2 heterocycles. The van der Waals surface area contributed by atoms with Gasteiger partial charge in [-0.3, -0.25) is 9.59 Å². The molecule has 1 aromatic rings. The normalized spacial score (nSPS) is 17.8. The summed E-state index contributed by atoms with van der Waals surface area (Å²) in [4.78, 5) is 29.9. The fourth-order valence-electron chi connectivity index (χ4n) is 3.45. The van der Waals surface area contributed by atoms with Crippen LogP contribution in [0.25, 0.3) is 0 Å². The van der Waals surface area contributed by atoms with Gasteiger partial charge in [-0.05, 0) is 37.1 Å². The van der Waals surface area contributed by atoms with Gasteiger partial charge in [0.15, 0.2) is 0 Å². The smallest absolute Gasteiger partial charge is 0.242 e. The Morgan fingerprint density at radius 1 is 1.19 bits per heavy atom. The van der Waals surface area contributed by atoms with E-state index in [-0.39, 0.29) is 55.0 Å². The predicted molar refractivity (Wildman–Crippen MR) is 108 cm³/mol. The lowest BCUT2D eigenvalue weighted by Gasteiger charge is -2.38. The van der Waals surface area contributed by atoms with E-state index >= 15 is 0 Å². The first-order valence-corrected chi connectivity index (χ1v) is 8.79. The first kappa shape index (κ1) is 23.5. The zero-order valence-electron chi connectivity index (χ0n) is 15.4. The van der Waals surface area contributed by atoms with Gasteiger partial charge in [0, 0.05) is 45.0 Å². The van der Waals surface area contributed by atoms with Crippen LogP contribution in [0, 0.1) is 5.82 Å². The second kappa shape index (κ2) is 10.7. The molecular weight excluding hydrogens is 394 g/mol.